The third kappa shape index (κ3) is 6.00. The van der Waals surface area contributed by atoms with Gasteiger partial charge < -0.3 is 24.1 Å². The summed E-state index contributed by atoms with van der Waals surface area (Å²) >= 11 is 0. The van der Waals surface area contributed by atoms with E-state index in [0.717, 1.165) is 18.8 Å². The Morgan fingerprint density at radius 1 is 1.38 bits per heavy atom. The molecular formula is C19H33N3O4. The lowest BCUT2D eigenvalue weighted by atomic mass is 10.00. The molecule has 1 aliphatic heterocycles. The van der Waals surface area contributed by atoms with Crippen molar-refractivity contribution in [3.8, 4) is 0 Å². The number of hydrogen-bond acceptors (Lipinski definition) is 5. The Morgan fingerprint density at radius 3 is 2.65 bits per heavy atom. The molecule has 7 nitrogen and oxygen atoms in total. The molecule has 0 aliphatic carbocycles. The standard InChI is InChI=1S/C19H33N3O4/c1-15-11-22(12-16(2)26-15)19(3,4)14-20-18(23)21(8-10-24-5)13-17-7-6-9-25-17/h6-7,9,15-16H,8,10-14H2,1-5H3,(H,20,23). The number of furan rings is 1. The quantitative estimate of drug-likeness (QED) is 0.764. The van der Waals surface area contributed by atoms with Crippen molar-refractivity contribution in [2.75, 3.05) is 39.9 Å². The Kier molecular flexibility index (Phi) is 7.49. The molecule has 7 heteroatoms. The number of morpholine rings is 1. The summed E-state index contributed by atoms with van der Waals surface area (Å²) in [5.74, 6) is 0.756. The van der Waals surface area contributed by atoms with Crippen molar-refractivity contribution >= 4 is 6.03 Å². The summed E-state index contributed by atoms with van der Waals surface area (Å²) in [7, 11) is 1.63. The van der Waals surface area contributed by atoms with Crippen LogP contribution in [0, 0.1) is 0 Å². The highest BCUT2D eigenvalue weighted by molar-refractivity contribution is 5.74. The lowest BCUT2D eigenvalue weighted by Crippen LogP contribution is -2.59. The summed E-state index contributed by atoms with van der Waals surface area (Å²) in [6.07, 6.45) is 2.02. The van der Waals surface area contributed by atoms with Crippen molar-refractivity contribution in [2.45, 2.75) is 52.0 Å². The lowest BCUT2D eigenvalue weighted by Gasteiger charge is -2.45. The normalized spacial score (nSPS) is 21.6. The van der Waals surface area contributed by atoms with Crippen LogP contribution in [0.1, 0.15) is 33.5 Å². The van der Waals surface area contributed by atoms with E-state index in [2.05, 4.69) is 37.9 Å². The first-order valence-corrected chi connectivity index (χ1v) is 9.26. The van der Waals surface area contributed by atoms with Gasteiger partial charge in [-0.05, 0) is 39.8 Å². The van der Waals surface area contributed by atoms with E-state index in [1.165, 1.54) is 0 Å². The van der Waals surface area contributed by atoms with Crippen LogP contribution in [-0.2, 0) is 16.0 Å². The van der Waals surface area contributed by atoms with Crippen molar-refractivity contribution in [3.63, 3.8) is 0 Å². The summed E-state index contributed by atoms with van der Waals surface area (Å²) in [6.45, 7) is 12.2. The maximum atomic E-state index is 12.7. The van der Waals surface area contributed by atoms with Crippen LogP contribution in [0.5, 0.6) is 0 Å². The Bertz CT molecular complexity index is 537. The zero-order chi connectivity index (χ0) is 19.2. The van der Waals surface area contributed by atoms with E-state index in [0.29, 0.717) is 26.2 Å². The third-order valence-electron chi connectivity index (χ3n) is 4.73. The number of nitrogens with zero attached hydrogens (tertiary/aromatic N) is 2. The van der Waals surface area contributed by atoms with Crippen LogP contribution in [0.15, 0.2) is 22.8 Å². The van der Waals surface area contributed by atoms with Gasteiger partial charge in [-0.15, -0.1) is 0 Å². The van der Waals surface area contributed by atoms with Gasteiger partial charge in [-0.25, -0.2) is 4.79 Å². The van der Waals surface area contributed by atoms with E-state index < -0.39 is 0 Å². The molecule has 2 unspecified atom stereocenters. The highest BCUT2D eigenvalue weighted by Crippen LogP contribution is 2.20. The summed E-state index contributed by atoms with van der Waals surface area (Å²) < 4.78 is 16.3. The van der Waals surface area contributed by atoms with E-state index in [9.17, 15) is 4.79 Å². The molecule has 0 spiro atoms. The van der Waals surface area contributed by atoms with Crippen LogP contribution < -0.4 is 5.32 Å². The van der Waals surface area contributed by atoms with Crippen LogP contribution in [0.2, 0.25) is 0 Å². The first-order chi connectivity index (χ1) is 12.3. The Morgan fingerprint density at radius 2 is 2.08 bits per heavy atom. The molecule has 2 heterocycles. The first-order valence-electron chi connectivity index (χ1n) is 9.26. The number of hydrogen-bond donors (Lipinski definition) is 1. The van der Waals surface area contributed by atoms with E-state index >= 15 is 0 Å². The molecule has 1 fully saturated rings. The average Bonchev–Trinajstić information content (AvgIpc) is 3.08. The number of amides is 2. The summed E-state index contributed by atoms with van der Waals surface area (Å²) in [6, 6.07) is 3.58. The van der Waals surface area contributed by atoms with Gasteiger partial charge >= 0.3 is 6.03 Å². The third-order valence-corrected chi connectivity index (χ3v) is 4.73. The Labute approximate surface area is 156 Å². The fourth-order valence-corrected chi connectivity index (χ4v) is 3.23. The minimum Gasteiger partial charge on any atom is -0.467 e. The fourth-order valence-electron chi connectivity index (χ4n) is 3.23. The predicted octanol–water partition coefficient (Wildman–Crippen LogP) is 2.33. The molecule has 1 aromatic heterocycles. The van der Waals surface area contributed by atoms with Crippen LogP contribution >= 0.6 is 0 Å². The largest absolute Gasteiger partial charge is 0.467 e. The van der Waals surface area contributed by atoms with E-state index in [1.807, 2.05) is 12.1 Å². The van der Waals surface area contributed by atoms with Gasteiger partial charge in [0.05, 0.1) is 31.6 Å². The highest BCUT2D eigenvalue weighted by Gasteiger charge is 2.33. The molecule has 26 heavy (non-hydrogen) atoms. The zero-order valence-electron chi connectivity index (χ0n) is 16.7. The molecule has 2 atom stereocenters. The van der Waals surface area contributed by atoms with Gasteiger partial charge in [0.2, 0.25) is 0 Å². The minimum absolute atomic E-state index is 0.110. The van der Waals surface area contributed by atoms with Crippen molar-refractivity contribution < 1.29 is 18.7 Å². The second-order valence-electron chi connectivity index (χ2n) is 7.63. The lowest BCUT2D eigenvalue weighted by molar-refractivity contribution is -0.0948. The molecule has 1 N–H and O–H groups in total. The van der Waals surface area contributed by atoms with E-state index in [-0.39, 0.29) is 23.8 Å². The predicted molar refractivity (Wildman–Crippen MR) is 100 cm³/mol. The van der Waals surface area contributed by atoms with Crippen LogP contribution in [0.4, 0.5) is 4.79 Å². The van der Waals surface area contributed by atoms with Crippen LogP contribution in [0.3, 0.4) is 0 Å². The second-order valence-corrected chi connectivity index (χ2v) is 7.63. The highest BCUT2D eigenvalue weighted by atomic mass is 16.5. The molecule has 1 saturated heterocycles. The molecule has 148 valence electrons. The van der Waals surface area contributed by atoms with Gasteiger partial charge in [-0.3, -0.25) is 4.90 Å². The van der Waals surface area contributed by atoms with Gasteiger partial charge in [-0.2, -0.15) is 0 Å². The van der Waals surface area contributed by atoms with Crippen molar-refractivity contribution in [1.82, 2.24) is 15.1 Å². The molecule has 1 aliphatic rings. The molecule has 0 bridgehead atoms. The number of ether oxygens (including phenoxy) is 2. The van der Waals surface area contributed by atoms with E-state index in [1.54, 1.807) is 18.3 Å². The van der Waals surface area contributed by atoms with Crippen molar-refractivity contribution in [1.29, 1.82) is 0 Å². The molecule has 2 amide bonds. The average molecular weight is 367 g/mol. The summed E-state index contributed by atoms with van der Waals surface area (Å²) in [5, 5.41) is 3.08. The number of rotatable bonds is 8. The van der Waals surface area contributed by atoms with Crippen LogP contribution in [0.25, 0.3) is 0 Å². The Balaban J connectivity index is 1.92. The SMILES string of the molecule is COCCN(Cc1ccco1)C(=O)NCC(C)(C)N1CC(C)OC(C)C1. The van der Waals surface area contributed by atoms with Gasteiger partial charge in [0.25, 0.3) is 0 Å². The minimum atomic E-state index is -0.153. The summed E-state index contributed by atoms with van der Waals surface area (Å²) in [5.41, 5.74) is -0.153. The number of methoxy groups -OCH3 is 1. The first kappa shape index (κ1) is 20.7. The number of carbonyl (C=O) groups excluding carboxylic acids is 1. The molecule has 0 aromatic carbocycles. The van der Waals surface area contributed by atoms with Crippen LogP contribution in [-0.4, -0.2) is 73.5 Å². The zero-order valence-corrected chi connectivity index (χ0v) is 16.7. The molecule has 0 radical (unpaired) electrons. The monoisotopic (exact) mass is 367 g/mol. The van der Waals surface area contributed by atoms with Gasteiger partial charge in [0.1, 0.15) is 5.76 Å². The van der Waals surface area contributed by atoms with Gasteiger partial charge in [-0.1, -0.05) is 0 Å². The number of nitrogens with one attached hydrogen (secondary N) is 1. The van der Waals surface area contributed by atoms with Gasteiger partial charge in [0.15, 0.2) is 0 Å². The maximum absolute atomic E-state index is 12.7. The maximum Gasteiger partial charge on any atom is 0.317 e. The molecular weight excluding hydrogens is 334 g/mol. The fraction of sp³-hybridized carbons (Fsp3) is 0.737. The molecule has 1 aromatic rings. The Hall–Kier alpha value is -1.57. The number of carbonyl (C=O) groups is 1. The van der Waals surface area contributed by atoms with Crippen molar-refractivity contribution in [2.24, 2.45) is 0 Å². The topological polar surface area (TPSA) is 67.2 Å². The second kappa shape index (κ2) is 9.39. The number of urea groups is 1. The summed E-state index contributed by atoms with van der Waals surface area (Å²) in [4.78, 5) is 16.8. The molecule has 2 rings (SSSR count). The van der Waals surface area contributed by atoms with Crippen molar-refractivity contribution in [3.05, 3.63) is 24.2 Å². The van der Waals surface area contributed by atoms with E-state index in [4.69, 9.17) is 13.9 Å². The van der Waals surface area contributed by atoms with Gasteiger partial charge in [0, 0.05) is 38.8 Å². The molecule has 0 saturated carbocycles. The smallest absolute Gasteiger partial charge is 0.317 e.